The van der Waals surface area contributed by atoms with Crippen molar-refractivity contribution in [3.63, 3.8) is 0 Å². The van der Waals surface area contributed by atoms with Crippen LogP contribution >= 0.6 is 35.3 Å². The van der Waals surface area contributed by atoms with Gasteiger partial charge in [-0.25, -0.2) is 0 Å². The molecule has 1 heterocycles. The predicted octanol–water partition coefficient (Wildman–Crippen LogP) is 4.12. The summed E-state index contributed by atoms with van der Waals surface area (Å²) < 4.78 is 0. The number of guanidine groups is 1. The molecule has 144 valence electrons. The van der Waals surface area contributed by atoms with Gasteiger partial charge < -0.3 is 10.6 Å². The molecule has 0 atom stereocenters. The summed E-state index contributed by atoms with van der Waals surface area (Å²) in [5, 5.41) is 8.90. The maximum absolute atomic E-state index is 4.31. The van der Waals surface area contributed by atoms with Crippen LogP contribution in [0, 0.1) is 0 Å². The molecule has 26 heavy (non-hydrogen) atoms. The van der Waals surface area contributed by atoms with Gasteiger partial charge in [-0.2, -0.15) is 0 Å². The zero-order valence-electron chi connectivity index (χ0n) is 16.0. The molecule has 0 amide bonds. The third-order valence-corrected chi connectivity index (χ3v) is 5.16. The van der Waals surface area contributed by atoms with Crippen LogP contribution in [0.3, 0.4) is 0 Å². The van der Waals surface area contributed by atoms with Crippen LogP contribution in [0.2, 0.25) is 0 Å². The Morgan fingerprint density at radius 2 is 1.85 bits per heavy atom. The lowest BCUT2D eigenvalue weighted by molar-refractivity contribution is 0.296. The number of nitrogens with one attached hydrogen (secondary N) is 2. The van der Waals surface area contributed by atoms with Gasteiger partial charge >= 0.3 is 0 Å². The molecule has 0 saturated carbocycles. The van der Waals surface area contributed by atoms with Crippen molar-refractivity contribution in [1.82, 2.24) is 15.5 Å². The molecule has 6 heteroatoms. The first-order valence-corrected chi connectivity index (χ1v) is 9.90. The Labute approximate surface area is 179 Å². The maximum atomic E-state index is 4.31. The summed E-state index contributed by atoms with van der Waals surface area (Å²) in [5.74, 6) is 0.853. The highest BCUT2D eigenvalue weighted by Gasteiger charge is 2.03. The fourth-order valence-electron chi connectivity index (χ4n) is 2.71. The monoisotopic (exact) mass is 486 g/mol. The third-order valence-electron chi connectivity index (χ3n) is 4.22. The second-order valence-electron chi connectivity index (χ2n) is 5.96. The van der Waals surface area contributed by atoms with E-state index >= 15 is 0 Å². The SMILES string of the molecule is CCN(CC)Cc1cccc(CNC(=NC)NCCc2cccs2)c1.I. The minimum Gasteiger partial charge on any atom is -0.356 e. The van der Waals surface area contributed by atoms with Crippen molar-refractivity contribution >= 4 is 41.3 Å². The number of hydrogen-bond acceptors (Lipinski definition) is 3. The van der Waals surface area contributed by atoms with Crippen LogP contribution in [-0.4, -0.2) is 37.5 Å². The molecule has 4 nitrogen and oxygen atoms in total. The summed E-state index contributed by atoms with van der Waals surface area (Å²) in [6.07, 6.45) is 1.03. The number of halogens is 1. The topological polar surface area (TPSA) is 39.7 Å². The highest BCUT2D eigenvalue weighted by Crippen LogP contribution is 2.09. The summed E-state index contributed by atoms with van der Waals surface area (Å²) in [5.41, 5.74) is 2.65. The first-order valence-electron chi connectivity index (χ1n) is 9.02. The van der Waals surface area contributed by atoms with Gasteiger partial charge in [0.15, 0.2) is 5.96 Å². The van der Waals surface area contributed by atoms with Crippen molar-refractivity contribution in [2.24, 2.45) is 4.99 Å². The summed E-state index contributed by atoms with van der Waals surface area (Å²) in [4.78, 5) is 8.13. The van der Waals surface area contributed by atoms with Crippen LogP contribution in [0.5, 0.6) is 0 Å². The zero-order chi connectivity index (χ0) is 17.9. The molecule has 2 rings (SSSR count). The van der Waals surface area contributed by atoms with Crippen LogP contribution < -0.4 is 10.6 Å². The van der Waals surface area contributed by atoms with Crippen molar-refractivity contribution in [3.05, 3.63) is 57.8 Å². The minimum absolute atomic E-state index is 0. The van der Waals surface area contributed by atoms with Crippen LogP contribution in [0.1, 0.15) is 29.9 Å². The molecule has 0 aliphatic heterocycles. The first-order chi connectivity index (χ1) is 12.2. The number of aliphatic imine (C=N–C) groups is 1. The lowest BCUT2D eigenvalue weighted by Gasteiger charge is -2.18. The first kappa shape index (κ1) is 22.9. The molecule has 0 bridgehead atoms. The fourth-order valence-corrected chi connectivity index (χ4v) is 3.42. The average molecular weight is 486 g/mol. The molecule has 0 radical (unpaired) electrons. The Balaban J connectivity index is 0.00000338. The van der Waals surface area contributed by atoms with Gasteiger partial charge in [0.2, 0.25) is 0 Å². The number of hydrogen-bond donors (Lipinski definition) is 2. The fraction of sp³-hybridized carbons (Fsp3) is 0.450. The summed E-state index contributed by atoms with van der Waals surface area (Å²) >= 11 is 1.80. The van der Waals surface area contributed by atoms with Crippen molar-refractivity contribution in [1.29, 1.82) is 0 Å². The van der Waals surface area contributed by atoms with Crippen LogP contribution in [0.4, 0.5) is 0 Å². The van der Waals surface area contributed by atoms with Gasteiger partial charge in [-0.3, -0.25) is 9.89 Å². The second-order valence-corrected chi connectivity index (χ2v) is 7.00. The Morgan fingerprint density at radius 3 is 2.50 bits per heavy atom. The Hall–Kier alpha value is -1.12. The quantitative estimate of drug-likeness (QED) is 0.318. The van der Waals surface area contributed by atoms with E-state index in [-0.39, 0.29) is 24.0 Å². The smallest absolute Gasteiger partial charge is 0.191 e. The zero-order valence-corrected chi connectivity index (χ0v) is 19.1. The van der Waals surface area contributed by atoms with Gasteiger partial charge in [0.25, 0.3) is 0 Å². The Bertz CT molecular complexity index is 639. The van der Waals surface area contributed by atoms with Gasteiger partial charge in [-0.1, -0.05) is 44.2 Å². The number of thiophene rings is 1. The van der Waals surface area contributed by atoms with E-state index in [1.54, 1.807) is 11.3 Å². The summed E-state index contributed by atoms with van der Waals surface area (Å²) in [7, 11) is 1.82. The van der Waals surface area contributed by atoms with E-state index in [2.05, 4.69) is 76.2 Å². The molecule has 0 spiro atoms. The maximum Gasteiger partial charge on any atom is 0.191 e. The van der Waals surface area contributed by atoms with Gasteiger partial charge in [0.05, 0.1) is 0 Å². The van der Waals surface area contributed by atoms with E-state index in [0.717, 1.165) is 45.1 Å². The van der Waals surface area contributed by atoms with Gasteiger partial charge in [-0.05, 0) is 42.1 Å². The molecule has 2 aromatic rings. The van der Waals surface area contributed by atoms with E-state index in [1.165, 1.54) is 16.0 Å². The van der Waals surface area contributed by atoms with Crippen LogP contribution in [-0.2, 0) is 19.5 Å². The average Bonchev–Trinajstić information content (AvgIpc) is 3.16. The van der Waals surface area contributed by atoms with Gasteiger partial charge in [0.1, 0.15) is 0 Å². The van der Waals surface area contributed by atoms with E-state index in [4.69, 9.17) is 0 Å². The van der Waals surface area contributed by atoms with E-state index in [9.17, 15) is 0 Å². The molecular formula is C20H31IN4S. The standard InChI is InChI=1S/C20H30N4S.HI/c1-4-24(5-2)16-18-9-6-8-17(14-18)15-23-20(21-3)22-12-11-19-10-7-13-25-19;/h6-10,13-14H,4-5,11-12,15-16H2,1-3H3,(H2,21,22,23);1H. The Morgan fingerprint density at radius 1 is 1.08 bits per heavy atom. The highest BCUT2D eigenvalue weighted by molar-refractivity contribution is 14.0. The molecule has 0 aliphatic carbocycles. The highest BCUT2D eigenvalue weighted by atomic mass is 127. The minimum atomic E-state index is 0. The molecule has 0 saturated heterocycles. The van der Waals surface area contributed by atoms with Gasteiger partial charge in [0, 0.05) is 31.6 Å². The molecule has 0 aliphatic rings. The second kappa shape index (κ2) is 13.1. The van der Waals surface area contributed by atoms with Crippen molar-refractivity contribution in [2.75, 3.05) is 26.7 Å². The molecule has 2 N–H and O–H groups in total. The Kier molecular flexibility index (Phi) is 11.6. The van der Waals surface area contributed by atoms with E-state index in [1.807, 2.05) is 7.05 Å². The lowest BCUT2D eigenvalue weighted by atomic mass is 10.1. The van der Waals surface area contributed by atoms with E-state index in [0.29, 0.717) is 0 Å². The lowest BCUT2D eigenvalue weighted by Crippen LogP contribution is -2.37. The molecular weight excluding hydrogens is 455 g/mol. The third kappa shape index (κ3) is 8.05. The summed E-state index contributed by atoms with van der Waals surface area (Å²) in [6.45, 7) is 9.27. The van der Waals surface area contributed by atoms with Crippen LogP contribution in [0.25, 0.3) is 0 Å². The van der Waals surface area contributed by atoms with E-state index < -0.39 is 0 Å². The number of rotatable bonds is 9. The number of benzene rings is 1. The molecule has 0 fully saturated rings. The normalized spacial score (nSPS) is 11.3. The number of nitrogens with zero attached hydrogens (tertiary/aromatic N) is 2. The molecule has 1 aromatic carbocycles. The van der Waals surface area contributed by atoms with Crippen molar-refractivity contribution in [3.8, 4) is 0 Å². The van der Waals surface area contributed by atoms with Crippen LogP contribution in [0.15, 0.2) is 46.8 Å². The molecule has 1 aromatic heterocycles. The van der Waals surface area contributed by atoms with Crippen molar-refractivity contribution in [2.45, 2.75) is 33.4 Å². The molecule has 0 unspecified atom stereocenters. The van der Waals surface area contributed by atoms with Gasteiger partial charge in [-0.15, -0.1) is 35.3 Å². The predicted molar refractivity (Wildman–Crippen MR) is 125 cm³/mol. The summed E-state index contributed by atoms with van der Waals surface area (Å²) in [6, 6.07) is 13.1. The van der Waals surface area contributed by atoms with Crippen molar-refractivity contribution < 1.29 is 0 Å². The largest absolute Gasteiger partial charge is 0.356 e.